The van der Waals surface area contributed by atoms with Gasteiger partial charge >= 0.3 is 11.7 Å². The van der Waals surface area contributed by atoms with Crippen molar-refractivity contribution in [2.75, 3.05) is 12.1 Å². The minimum absolute atomic E-state index is 0.0321. The molecule has 0 amide bonds. The lowest BCUT2D eigenvalue weighted by molar-refractivity contribution is -0.384. The van der Waals surface area contributed by atoms with Crippen molar-refractivity contribution in [3.05, 3.63) is 15.8 Å². The molecule has 0 unspecified atom stereocenters. The Labute approximate surface area is 102 Å². The lowest BCUT2D eigenvalue weighted by Crippen LogP contribution is -2.13. The Morgan fingerprint density at radius 3 is 2.83 bits per heavy atom. The Morgan fingerprint density at radius 1 is 1.67 bits per heavy atom. The quantitative estimate of drug-likeness (QED) is 0.545. The molecule has 1 heterocycles. The third-order valence-electron chi connectivity index (χ3n) is 2.13. The first-order valence-electron chi connectivity index (χ1n) is 5.27. The predicted octanol–water partition coefficient (Wildman–Crippen LogP) is 0.709. The largest absolute Gasteiger partial charge is 0.479 e. The van der Waals surface area contributed by atoms with Crippen molar-refractivity contribution in [3.8, 4) is 0 Å². The highest BCUT2D eigenvalue weighted by atomic mass is 16.7. The Morgan fingerprint density at radius 2 is 2.33 bits per heavy atom. The van der Waals surface area contributed by atoms with Gasteiger partial charge in [-0.25, -0.2) is 15.0 Å². The van der Waals surface area contributed by atoms with E-state index in [-0.39, 0.29) is 11.5 Å². The zero-order chi connectivity index (χ0) is 13.7. The second-order valence-electron chi connectivity index (χ2n) is 3.56. The lowest BCUT2D eigenvalue weighted by Gasteiger charge is -2.04. The number of carboxylic acid groups (broad SMARTS) is 1. The number of hydrogen-bond acceptors (Lipinski definition) is 6. The predicted molar refractivity (Wildman–Crippen MR) is 61.1 cm³/mol. The summed E-state index contributed by atoms with van der Waals surface area (Å²) in [5.41, 5.74) is 2.40. The lowest BCUT2D eigenvalue weighted by atomic mass is 10.2. The fourth-order valence-corrected chi connectivity index (χ4v) is 1.45. The van der Waals surface area contributed by atoms with Crippen LogP contribution in [-0.4, -0.2) is 32.4 Å². The summed E-state index contributed by atoms with van der Waals surface area (Å²) in [6.45, 7) is 1.28. The summed E-state index contributed by atoms with van der Waals surface area (Å²) in [5.74, 6) is -1.15. The number of anilines is 1. The molecular weight excluding hydrogens is 244 g/mol. The van der Waals surface area contributed by atoms with Crippen LogP contribution >= 0.6 is 0 Å². The first-order chi connectivity index (χ1) is 8.47. The molecule has 0 radical (unpaired) electrons. The van der Waals surface area contributed by atoms with Gasteiger partial charge in [0, 0.05) is 7.05 Å². The molecule has 1 aromatic heterocycles. The van der Waals surface area contributed by atoms with Gasteiger partial charge in [-0.15, -0.1) is 0 Å². The Bertz CT molecular complexity index is 456. The van der Waals surface area contributed by atoms with Crippen LogP contribution in [0, 0.1) is 10.1 Å². The maximum atomic E-state index is 11.0. The summed E-state index contributed by atoms with van der Waals surface area (Å²) in [4.78, 5) is 25.3. The van der Waals surface area contributed by atoms with E-state index in [1.807, 2.05) is 6.92 Å². The van der Waals surface area contributed by atoms with Gasteiger partial charge in [0.2, 0.25) is 5.82 Å². The van der Waals surface area contributed by atoms with E-state index in [0.717, 1.165) is 0 Å². The van der Waals surface area contributed by atoms with Crippen molar-refractivity contribution in [1.29, 1.82) is 0 Å². The van der Waals surface area contributed by atoms with Gasteiger partial charge in [0.1, 0.15) is 5.69 Å². The van der Waals surface area contributed by atoms with Crippen LogP contribution in [0.3, 0.4) is 0 Å². The number of aliphatic carboxylic acids is 1. The number of rotatable bonds is 7. The number of aromatic nitrogens is 2. The van der Waals surface area contributed by atoms with E-state index in [2.05, 4.69) is 15.4 Å². The molecule has 0 fully saturated rings. The van der Waals surface area contributed by atoms with Crippen LogP contribution in [0.4, 0.5) is 11.5 Å². The van der Waals surface area contributed by atoms with Crippen molar-refractivity contribution < 1.29 is 19.7 Å². The van der Waals surface area contributed by atoms with Crippen molar-refractivity contribution in [2.24, 2.45) is 7.05 Å². The van der Waals surface area contributed by atoms with Gasteiger partial charge in [-0.1, -0.05) is 13.3 Å². The third-order valence-corrected chi connectivity index (χ3v) is 2.13. The highest BCUT2D eigenvalue weighted by molar-refractivity contribution is 5.68. The van der Waals surface area contributed by atoms with Crippen LogP contribution < -0.4 is 5.48 Å². The van der Waals surface area contributed by atoms with Crippen LogP contribution in [0.5, 0.6) is 0 Å². The van der Waals surface area contributed by atoms with E-state index in [9.17, 15) is 14.9 Å². The van der Waals surface area contributed by atoms with Gasteiger partial charge in [0.25, 0.3) is 0 Å². The van der Waals surface area contributed by atoms with Crippen molar-refractivity contribution in [3.63, 3.8) is 0 Å². The molecule has 0 saturated carbocycles. The molecule has 2 N–H and O–H groups in total. The van der Waals surface area contributed by atoms with Crippen molar-refractivity contribution in [2.45, 2.75) is 19.8 Å². The van der Waals surface area contributed by atoms with E-state index in [1.165, 1.54) is 11.7 Å². The topological polar surface area (TPSA) is 120 Å². The Balaban J connectivity index is 2.94. The minimum Gasteiger partial charge on any atom is -0.479 e. The van der Waals surface area contributed by atoms with Crippen LogP contribution in [0.25, 0.3) is 0 Å². The van der Waals surface area contributed by atoms with Crippen LogP contribution in [0.1, 0.15) is 19.0 Å². The van der Waals surface area contributed by atoms with E-state index in [1.54, 1.807) is 0 Å². The van der Waals surface area contributed by atoms with Gasteiger partial charge in [-0.3, -0.25) is 15.0 Å². The van der Waals surface area contributed by atoms with Gasteiger partial charge in [-0.2, -0.15) is 5.10 Å². The first-order valence-corrected chi connectivity index (χ1v) is 5.27. The molecule has 0 saturated heterocycles. The second kappa shape index (κ2) is 5.96. The number of carbonyl (C=O) groups is 1. The summed E-state index contributed by atoms with van der Waals surface area (Å²) < 4.78 is 1.25. The monoisotopic (exact) mass is 258 g/mol. The number of nitrogens with zero attached hydrogens (tertiary/aromatic N) is 3. The number of nitrogens with one attached hydrogen (secondary N) is 1. The van der Waals surface area contributed by atoms with Crippen molar-refractivity contribution in [1.82, 2.24) is 9.78 Å². The average molecular weight is 258 g/mol. The number of aryl methyl sites for hydroxylation is 2. The summed E-state index contributed by atoms with van der Waals surface area (Å²) in [6.07, 6.45) is 1.18. The third kappa shape index (κ3) is 3.17. The molecule has 0 spiro atoms. The van der Waals surface area contributed by atoms with Gasteiger partial charge < -0.3 is 5.11 Å². The summed E-state index contributed by atoms with van der Waals surface area (Å²) in [6, 6.07) is 0. The Kier molecular flexibility index (Phi) is 4.60. The standard InChI is InChI=1S/C9H14N4O5/c1-3-4-6-8(13(16)17)9(12(2)10-6)11-18-5-7(14)15/h11H,3-5H2,1-2H3,(H,14,15). The fraction of sp³-hybridized carbons (Fsp3) is 0.556. The fourth-order valence-electron chi connectivity index (χ4n) is 1.45. The molecule has 9 heteroatoms. The molecule has 0 aliphatic heterocycles. The number of nitro groups is 1. The van der Waals surface area contributed by atoms with Gasteiger partial charge in [-0.05, 0) is 6.42 Å². The van der Waals surface area contributed by atoms with E-state index in [0.29, 0.717) is 18.5 Å². The second-order valence-corrected chi connectivity index (χ2v) is 3.56. The molecule has 1 rings (SSSR count). The van der Waals surface area contributed by atoms with Gasteiger partial charge in [0.15, 0.2) is 6.61 Å². The molecule has 0 atom stereocenters. The van der Waals surface area contributed by atoms with E-state index >= 15 is 0 Å². The molecule has 9 nitrogen and oxygen atoms in total. The van der Waals surface area contributed by atoms with E-state index in [4.69, 9.17) is 5.11 Å². The highest BCUT2D eigenvalue weighted by Crippen LogP contribution is 2.28. The summed E-state index contributed by atoms with van der Waals surface area (Å²) >= 11 is 0. The molecule has 18 heavy (non-hydrogen) atoms. The summed E-state index contributed by atoms with van der Waals surface area (Å²) in [5, 5.41) is 23.4. The number of carboxylic acids is 1. The first kappa shape index (κ1) is 13.9. The molecule has 0 aromatic carbocycles. The molecular formula is C9H14N4O5. The minimum atomic E-state index is -1.18. The number of hydrogen-bond donors (Lipinski definition) is 2. The zero-order valence-electron chi connectivity index (χ0n) is 10.0. The maximum absolute atomic E-state index is 11.0. The van der Waals surface area contributed by atoms with E-state index < -0.39 is 17.5 Å². The zero-order valence-corrected chi connectivity index (χ0v) is 10.0. The van der Waals surface area contributed by atoms with Crippen LogP contribution in [0.15, 0.2) is 0 Å². The maximum Gasteiger partial charge on any atom is 0.336 e. The van der Waals surface area contributed by atoms with Crippen molar-refractivity contribution >= 4 is 17.5 Å². The Hall–Kier alpha value is -2.16. The van der Waals surface area contributed by atoms with Crippen LogP contribution in [-0.2, 0) is 23.1 Å². The molecule has 1 aromatic rings. The normalized spacial score (nSPS) is 10.3. The summed E-state index contributed by atoms with van der Waals surface area (Å²) in [7, 11) is 1.51. The molecule has 0 bridgehead atoms. The molecule has 0 aliphatic rings. The molecule has 0 aliphatic carbocycles. The highest BCUT2D eigenvalue weighted by Gasteiger charge is 2.26. The van der Waals surface area contributed by atoms with Gasteiger partial charge in [0.05, 0.1) is 4.92 Å². The van der Waals surface area contributed by atoms with Crippen LogP contribution in [0.2, 0.25) is 0 Å². The average Bonchev–Trinajstić information content (AvgIpc) is 2.55. The SMILES string of the molecule is CCCc1nn(C)c(NOCC(=O)O)c1[N+](=O)[O-]. The molecule has 100 valence electrons. The smallest absolute Gasteiger partial charge is 0.336 e.